The van der Waals surface area contributed by atoms with Crippen molar-refractivity contribution < 1.29 is 14.4 Å². The first-order valence-electron chi connectivity index (χ1n) is 5.71. The molecule has 16 heavy (non-hydrogen) atoms. The largest absolute Gasteiger partial charge is 0.444 e. The van der Waals surface area contributed by atoms with Crippen LogP contribution in [0.4, 0.5) is 4.79 Å². The molecule has 0 rings (SSSR count). The molecule has 5 heteroatoms. The summed E-state index contributed by atoms with van der Waals surface area (Å²) in [6.07, 6.45) is 2.20. The SMILES string of the molecule is CCCC(CCNC(=O)OC(C)(C)C)ON. The predicted molar refractivity (Wildman–Crippen MR) is 62.8 cm³/mol. The minimum absolute atomic E-state index is 0.0000586. The van der Waals surface area contributed by atoms with Crippen molar-refractivity contribution in [2.24, 2.45) is 5.90 Å². The van der Waals surface area contributed by atoms with Gasteiger partial charge in [-0.1, -0.05) is 13.3 Å². The Kier molecular flexibility index (Phi) is 7.08. The van der Waals surface area contributed by atoms with Gasteiger partial charge in [-0.05, 0) is 33.6 Å². The van der Waals surface area contributed by atoms with Crippen LogP contribution in [0, 0.1) is 0 Å². The summed E-state index contributed by atoms with van der Waals surface area (Å²) in [4.78, 5) is 16.1. The molecule has 0 spiro atoms. The molecule has 5 nitrogen and oxygen atoms in total. The molecule has 0 saturated heterocycles. The van der Waals surface area contributed by atoms with Crippen LogP contribution in [-0.2, 0) is 9.57 Å². The number of hydrogen-bond acceptors (Lipinski definition) is 4. The lowest BCUT2D eigenvalue weighted by atomic mass is 10.1. The second kappa shape index (κ2) is 7.46. The van der Waals surface area contributed by atoms with Crippen LogP contribution in [0.25, 0.3) is 0 Å². The Balaban J connectivity index is 3.68. The Bertz CT molecular complexity index is 202. The van der Waals surface area contributed by atoms with Crippen molar-refractivity contribution in [3.63, 3.8) is 0 Å². The van der Waals surface area contributed by atoms with E-state index in [0.717, 1.165) is 12.8 Å². The van der Waals surface area contributed by atoms with Gasteiger partial charge >= 0.3 is 6.09 Å². The third-order valence-corrected chi connectivity index (χ3v) is 1.94. The van der Waals surface area contributed by atoms with Crippen molar-refractivity contribution in [3.05, 3.63) is 0 Å². The van der Waals surface area contributed by atoms with E-state index < -0.39 is 11.7 Å². The monoisotopic (exact) mass is 232 g/mol. The van der Waals surface area contributed by atoms with Crippen molar-refractivity contribution in [2.75, 3.05) is 6.54 Å². The van der Waals surface area contributed by atoms with Gasteiger partial charge in [-0.25, -0.2) is 10.7 Å². The van der Waals surface area contributed by atoms with Crippen LogP contribution in [0.15, 0.2) is 0 Å². The zero-order chi connectivity index (χ0) is 12.6. The van der Waals surface area contributed by atoms with Crippen LogP contribution in [0.3, 0.4) is 0 Å². The van der Waals surface area contributed by atoms with Gasteiger partial charge in [0.2, 0.25) is 0 Å². The molecule has 3 N–H and O–H groups in total. The highest BCUT2D eigenvalue weighted by molar-refractivity contribution is 5.67. The van der Waals surface area contributed by atoms with E-state index >= 15 is 0 Å². The number of nitrogens with one attached hydrogen (secondary N) is 1. The lowest BCUT2D eigenvalue weighted by molar-refractivity contribution is 0.0362. The maximum atomic E-state index is 11.3. The van der Waals surface area contributed by atoms with E-state index in [0.29, 0.717) is 13.0 Å². The summed E-state index contributed by atoms with van der Waals surface area (Å²) in [5, 5.41) is 2.67. The van der Waals surface area contributed by atoms with Gasteiger partial charge in [-0.3, -0.25) is 0 Å². The second-order valence-electron chi connectivity index (χ2n) is 4.76. The van der Waals surface area contributed by atoms with Crippen molar-refractivity contribution in [1.82, 2.24) is 5.32 Å². The average molecular weight is 232 g/mol. The van der Waals surface area contributed by atoms with Crippen molar-refractivity contribution >= 4 is 6.09 Å². The van der Waals surface area contributed by atoms with E-state index in [1.54, 1.807) is 0 Å². The van der Waals surface area contributed by atoms with Gasteiger partial charge in [0, 0.05) is 6.54 Å². The summed E-state index contributed by atoms with van der Waals surface area (Å²) in [6.45, 7) is 8.06. The summed E-state index contributed by atoms with van der Waals surface area (Å²) in [5.41, 5.74) is -0.461. The van der Waals surface area contributed by atoms with Crippen LogP contribution >= 0.6 is 0 Å². The molecule has 1 atom stereocenters. The molecule has 0 radical (unpaired) electrons. The first-order valence-corrected chi connectivity index (χ1v) is 5.71. The Labute approximate surface area is 97.6 Å². The van der Waals surface area contributed by atoms with E-state index in [1.807, 2.05) is 20.8 Å². The van der Waals surface area contributed by atoms with Gasteiger partial charge in [0.25, 0.3) is 0 Å². The molecule has 0 saturated carbocycles. The standard InChI is InChI=1S/C11H24N2O3/c1-5-6-9(16-12)7-8-13-10(14)15-11(2,3)4/h9H,5-8,12H2,1-4H3,(H,13,14). The molecule has 0 aliphatic rings. The molecule has 96 valence electrons. The molecule has 0 aliphatic heterocycles. The molecule has 1 amide bonds. The number of amides is 1. The molecule has 0 bridgehead atoms. The number of hydrogen-bond donors (Lipinski definition) is 2. The van der Waals surface area contributed by atoms with E-state index in [-0.39, 0.29) is 6.10 Å². The fourth-order valence-corrected chi connectivity index (χ4v) is 1.25. The van der Waals surface area contributed by atoms with Gasteiger partial charge in [-0.2, -0.15) is 0 Å². The summed E-state index contributed by atoms with van der Waals surface area (Å²) < 4.78 is 5.09. The molecule has 0 aromatic heterocycles. The summed E-state index contributed by atoms with van der Waals surface area (Å²) in [7, 11) is 0. The minimum Gasteiger partial charge on any atom is -0.444 e. The number of nitrogens with two attached hydrogens (primary N) is 1. The quantitative estimate of drug-likeness (QED) is 0.686. The van der Waals surface area contributed by atoms with Crippen molar-refractivity contribution in [3.8, 4) is 0 Å². The third kappa shape index (κ3) is 8.49. The van der Waals surface area contributed by atoms with Crippen LogP contribution in [-0.4, -0.2) is 24.3 Å². The number of ether oxygens (including phenoxy) is 1. The molecule has 0 aromatic rings. The molecular weight excluding hydrogens is 208 g/mol. The maximum absolute atomic E-state index is 11.3. The number of carbonyl (C=O) groups is 1. The smallest absolute Gasteiger partial charge is 0.407 e. The van der Waals surface area contributed by atoms with Crippen LogP contribution < -0.4 is 11.2 Å². The molecule has 1 unspecified atom stereocenters. The van der Waals surface area contributed by atoms with Gasteiger partial charge in [0.15, 0.2) is 0 Å². The number of rotatable bonds is 6. The Hall–Kier alpha value is -0.810. The van der Waals surface area contributed by atoms with E-state index in [4.69, 9.17) is 15.5 Å². The van der Waals surface area contributed by atoms with Crippen LogP contribution in [0.5, 0.6) is 0 Å². The van der Waals surface area contributed by atoms with Crippen molar-refractivity contribution in [1.29, 1.82) is 0 Å². The molecule has 0 fully saturated rings. The van der Waals surface area contributed by atoms with Crippen LogP contribution in [0.1, 0.15) is 47.0 Å². The Morgan fingerprint density at radius 1 is 1.38 bits per heavy atom. The van der Waals surface area contributed by atoms with E-state index in [9.17, 15) is 4.79 Å². The molecule has 0 aromatic carbocycles. The lowest BCUT2D eigenvalue weighted by Crippen LogP contribution is -2.34. The zero-order valence-corrected chi connectivity index (χ0v) is 10.7. The molecule has 0 aliphatic carbocycles. The van der Waals surface area contributed by atoms with Gasteiger partial charge < -0.3 is 14.9 Å². The topological polar surface area (TPSA) is 73.6 Å². The van der Waals surface area contributed by atoms with Gasteiger partial charge in [-0.15, -0.1) is 0 Å². The van der Waals surface area contributed by atoms with E-state index in [1.165, 1.54) is 0 Å². The first kappa shape index (κ1) is 15.2. The Morgan fingerprint density at radius 3 is 2.44 bits per heavy atom. The predicted octanol–water partition coefficient (Wildman–Crippen LogP) is 1.96. The van der Waals surface area contributed by atoms with Gasteiger partial charge in [0.05, 0.1) is 6.10 Å². The maximum Gasteiger partial charge on any atom is 0.407 e. The zero-order valence-electron chi connectivity index (χ0n) is 10.7. The fraction of sp³-hybridized carbons (Fsp3) is 0.909. The first-order chi connectivity index (χ1) is 7.39. The lowest BCUT2D eigenvalue weighted by Gasteiger charge is -2.20. The summed E-state index contributed by atoms with van der Waals surface area (Å²) in [6, 6.07) is 0. The average Bonchev–Trinajstić information content (AvgIpc) is 2.13. The fourth-order valence-electron chi connectivity index (χ4n) is 1.25. The van der Waals surface area contributed by atoms with E-state index in [2.05, 4.69) is 12.2 Å². The Morgan fingerprint density at radius 2 is 2.00 bits per heavy atom. The summed E-state index contributed by atoms with van der Waals surface area (Å²) in [5.74, 6) is 5.13. The highest BCUT2D eigenvalue weighted by atomic mass is 16.6. The molecular formula is C11H24N2O3. The highest BCUT2D eigenvalue weighted by Gasteiger charge is 2.16. The van der Waals surface area contributed by atoms with Crippen LogP contribution in [0.2, 0.25) is 0 Å². The minimum atomic E-state index is -0.461. The normalized spacial score (nSPS) is 13.3. The molecule has 0 heterocycles. The summed E-state index contributed by atoms with van der Waals surface area (Å²) >= 11 is 0. The number of alkyl carbamates (subject to hydrolysis) is 1. The third-order valence-electron chi connectivity index (χ3n) is 1.94. The van der Waals surface area contributed by atoms with Crippen molar-refractivity contribution in [2.45, 2.75) is 58.7 Å². The number of carbonyl (C=O) groups excluding carboxylic acids is 1. The van der Waals surface area contributed by atoms with Gasteiger partial charge in [0.1, 0.15) is 5.60 Å². The second-order valence-corrected chi connectivity index (χ2v) is 4.76. The highest BCUT2D eigenvalue weighted by Crippen LogP contribution is 2.07.